The number of non-ortho nitro benzene ring substituents is 1. The molecular weight excluding hydrogens is 322 g/mol. The fraction of sp³-hybridized carbons (Fsp3) is 0. The van der Waals surface area contributed by atoms with Gasteiger partial charge in [0.2, 0.25) is 5.91 Å². The number of carbonyl (C=O) groups is 1. The van der Waals surface area contributed by atoms with E-state index in [4.69, 9.17) is 17.3 Å². The number of primary amides is 1. The molecule has 0 heterocycles. The lowest BCUT2D eigenvalue weighted by molar-refractivity contribution is -0.384. The van der Waals surface area contributed by atoms with Gasteiger partial charge in [0, 0.05) is 15.7 Å². The van der Waals surface area contributed by atoms with Crippen molar-refractivity contribution in [3.8, 4) is 0 Å². The molecule has 1 amide bonds. The number of rotatable bonds is 2. The Morgan fingerprint density at radius 1 is 1.57 bits per heavy atom. The van der Waals surface area contributed by atoms with Gasteiger partial charge in [0.05, 0.1) is 15.5 Å². The molecule has 0 saturated heterocycles. The Balaban J connectivity index is 3.43. The molecule has 0 aromatic heterocycles. The second-order valence-corrected chi connectivity index (χ2v) is 3.90. The van der Waals surface area contributed by atoms with Crippen molar-refractivity contribution < 1.29 is 9.72 Å². The third-order valence-electron chi connectivity index (χ3n) is 1.49. The predicted molar refractivity (Wildman–Crippen MR) is 59.3 cm³/mol. The van der Waals surface area contributed by atoms with E-state index in [-0.39, 0.29) is 16.3 Å². The molecule has 0 aliphatic heterocycles. The topological polar surface area (TPSA) is 86.2 Å². The molecule has 0 radical (unpaired) electrons. The number of benzene rings is 1. The van der Waals surface area contributed by atoms with Crippen molar-refractivity contribution in [2.45, 2.75) is 0 Å². The summed E-state index contributed by atoms with van der Waals surface area (Å²) in [6.07, 6.45) is 0. The normalized spacial score (nSPS) is 9.86. The van der Waals surface area contributed by atoms with Gasteiger partial charge in [-0.15, -0.1) is 0 Å². The number of amides is 1. The Bertz CT molecular complexity index is 422. The largest absolute Gasteiger partial charge is 0.366 e. The van der Waals surface area contributed by atoms with Gasteiger partial charge in [-0.3, -0.25) is 14.9 Å². The maximum atomic E-state index is 10.9. The third kappa shape index (κ3) is 2.13. The fourth-order valence-electron chi connectivity index (χ4n) is 0.859. The molecule has 0 atom stereocenters. The molecule has 1 aromatic rings. The third-order valence-corrected chi connectivity index (χ3v) is 3.27. The minimum Gasteiger partial charge on any atom is -0.366 e. The van der Waals surface area contributed by atoms with Crippen molar-refractivity contribution in [1.29, 1.82) is 0 Å². The number of nitrogens with zero attached hydrogens (tertiary/aromatic N) is 1. The minimum atomic E-state index is -0.736. The van der Waals surface area contributed by atoms with Crippen molar-refractivity contribution in [2.75, 3.05) is 0 Å². The Morgan fingerprint density at radius 2 is 2.14 bits per heavy atom. The van der Waals surface area contributed by atoms with Crippen LogP contribution in [0, 0.1) is 13.7 Å². The van der Waals surface area contributed by atoms with E-state index in [2.05, 4.69) is 0 Å². The average Bonchev–Trinajstić information content (AvgIpc) is 2.08. The SMILES string of the molecule is NC(=O)c1cc([N+](=O)[O-])cc(Cl)c1I. The molecular formula is C7H4ClIN2O3. The standard InChI is InChI=1S/C7H4ClIN2O3/c8-5-2-3(11(13)14)1-4(6(5)9)7(10)12/h1-2H,(H2,10,12). The summed E-state index contributed by atoms with van der Waals surface area (Å²) in [5.41, 5.74) is 4.84. The smallest absolute Gasteiger partial charge is 0.271 e. The first-order valence-electron chi connectivity index (χ1n) is 3.36. The van der Waals surface area contributed by atoms with Gasteiger partial charge >= 0.3 is 0 Å². The highest BCUT2D eigenvalue weighted by molar-refractivity contribution is 14.1. The van der Waals surface area contributed by atoms with Crippen molar-refractivity contribution in [2.24, 2.45) is 5.73 Å². The van der Waals surface area contributed by atoms with Gasteiger partial charge in [0.1, 0.15) is 0 Å². The Kier molecular flexibility index (Phi) is 3.27. The van der Waals surface area contributed by atoms with Gasteiger partial charge in [-0.25, -0.2) is 0 Å². The molecule has 0 bridgehead atoms. The molecule has 0 aliphatic carbocycles. The summed E-state index contributed by atoms with van der Waals surface area (Å²) in [4.78, 5) is 20.7. The van der Waals surface area contributed by atoms with E-state index < -0.39 is 10.8 Å². The van der Waals surface area contributed by atoms with E-state index in [1.807, 2.05) is 0 Å². The predicted octanol–water partition coefficient (Wildman–Crippen LogP) is 1.95. The summed E-state index contributed by atoms with van der Waals surface area (Å²) in [6, 6.07) is 2.28. The van der Waals surface area contributed by atoms with Crippen LogP contribution in [-0.2, 0) is 0 Å². The molecule has 0 unspecified atom stereocenters. The van der Waals surface area contributed by atoms with Crippen molar-refractivity contribution in [1.82, 2.24) is 0 Å². The number of nitrogens with two attached hydrogens (primary N) is 1. The highest BCUT2D eigenvalue weighted by Gasteiger charge is 2.16. The minimum absolute atomic E-state index is 0.0600. The quantitative estimate of drug-likeness (QED) is 0.512. The van der Waals surface area contributed by atoms with Gasteiger partial charge in [-0.1, -0.05) is 11.6 Å². The summed E-state index contributed by atoms with van der Waals surface area (Å²) in [5, 5.41) is 10.6. The van der Waals surface area contributed by atoms with Crippen molar-refractivity contribution in [3.63, 3.8) is 0 Å². The molecule has 74 valence electrons. The lowest BCUT2D eigenvalue weighted by Crippen LogP contribution is -2.13. The number of carbonyl (C=O) groups excluding carboxylic acids is 1. The van der Waals surface area contributed by atoms with Crippen LogP contribution in [0.2, 0.25) is 5.02 Å². The van der Waals surface area contributed by atoms with Crippen LogP contribution in [0.25, 0.3) is 0 Å². The number of hydrogen-bond donors (Lipinski definition) is 1. The summed E-state index contributed by atoms with van der Waals surface area (Å²) in [7, 11) is 0. The average molecular weight is 326 g/mol. The number of halogens is 2. The zero-order chi connectivity index (χ0) is 10.9. The number of hydrogen-bond acceptors (Lipinski definition) is 3. The Hall–Kier alpha value is -0.890. The lowest BCUT2D eigenvalue weighted by Gasteiger charge is -2.01. The molecule has 0 spiro atoms. The van der Waals surface area contributed by atoms with E-state index in [0.717, 1.165) is 6.07 Å². The number of nitro benzene ring substituents is 1. The van der Waals surface area contributed by atoms with E-state index in [0.29, 0.717) is 3.57 Å². The van der Waals surface area contributed by atoms with Crippen LogP contribution in [0.1, 0.15) is 10.4 Å². The first-order valence-corrected chi connectivity index (χ1v) is 4.82. The molecule has 1 aromatic carbocycles. The van der Waals surface area contributed by atoms with E-state index in [1.165, 1.54) is 6.07 Å². The summed E-state index contributed by atoms with van der Waals surface area (Å²) >= 11 is 7.49. The molecule has 0 saturated carbocycles. The van der Waals surface area contributed by atoms with Crippen LogP contribution in [0.3, 0.4) is 0 Å². The molecule has 2 N–H and O–H groups in total. The van der Waals surface area contributed by atoms with Crippen LogP contribution >= 0.6 is 34.2 Å². The second-order valence-electron chi connectivity index (χ2n) is 2.41. The molecule has 0 fully saturated rings. The zero-order valence-corrected chi connectivity index (χ0v) is 9.57. The second kappa shape index (κ2) is 4.09. The number of nitro groups is 1. The van der Waals surface area contributed by atoms with Gasteiger partial charge in [0.25, 0.3) is 5.69 Å². The maximum absolute atomic E-state index is 10.9. The molecule has 5 nitrogen and oxygen atoms in total. The maximum Gasteiger partial charge on any atom is 0.271 e. The first-order chi connectivity index (χ1) is 6.43. The molecule has 1 rings (SSSR count). The summed E-state index contributed by atoms with van der Waals surface area (Å²) in [6.45, 7) is 0. The molecule has 0 aliphatic rings. The van der Waals surface area contributed by atoms with Gasteiger partial charge in [0.15, 0.2) is 0 Å². The van der Waals surface area contributed by atoms with E-state index in [1.54, 1.807) is 22.6 Å². The highest BCUT2D eigenvalue weighted by atomic mass is 127. The van der Waals surface area contributed by atoms with Crippen LogP contribution in [-0.4, -0.2) is 10.8 Å². The van der Waals surface area contributed by atoms with Crippen LogP contribution < -0.4 is 5.73 Å². The lowest BCUT2D eigenvalue weighted by atomic mass is 10.2. The molecule has 14 heavy (non-hydrogen) atoms. The Labute approximate surface area is 97.5 Å². The van der Waals surface area contributed by atoms with Crippen LogP contribution in [0.5, 0.6) is 0 Å². The van der Waals surface area contributed by atoms with Gasteiger partial charge in [-0.05, 0) is 22.6 Å². The van der Waals surface area contributed by atoms with Gasteiger partial charge in [-0.2, -0.15) is 0 Å². The van der Waals surface area contributed by atoms with Gasteiger partial charge < -0.3 is 5.73 Å². The summed E-state index contributed by atoms with van der Waals surface area (Å²) in [5.74, 6) is -0.736. The van der Waals surface area contributed by atoms with E-state index in [9.17, 15) is 14.9 Å². The highest BCUT2D eigenvalue weighted by Crippen LogP contribution is 2.27. The fourth-order valence-corrected chi connectivity index (χ4v) is 1.65. The Morgan fingerprint density at radius 3 is 2.57 bits per heavy atom. The van der Waals surface area contributed by atoms with Crippen molar-refractivity contribution in [3.05, 3.63) is 36.4 Å². The summed E-state index contributed by atoms with van der Waals surface area (Å²) < 4.78 is 0.419. The van der Waals surface area contributed by atoms with Crippen molar-refractivity contribution >= 4 is 45.8 Å². The molecule has 7 heteroatoms. The zero-order valence-electron chi connectivity index (χ0n) is 6.66. The van der Waals surface area contributed by atoms with E-state index >= 15 is 0 Å². The van der Waals surface area contributed by atoms with Crippen LogP contribution in [0.4, 0.5) is 5.69 Å². The monoisotopic (exact) mass is 326 g/mol. The van der Waals surface area contributed by atoms with Crippen LogP contribution in [0.15, 0.2) is 12.1 Å². The first kappa shape index (κ1) is 11.2.